The van der Waals surface area contributed by atoms with Crippen LogP contribution in [-0.4, -0.2) is 64.2 Å². The second-order valence-electron chi connectivity index (χ2n) is 6.67. The highest BCUT2D eigenvalue weighted by atomic mass is 32.2. The molecule has 3 rings (SSSR count). The van der Waals surface area contributed by atoms with Crippen LogP contribution >= 0.6 is 11.8 Å². The van der Waals surface area contributed by atoms with Crippen molar-refractivity contribution in [3.63, 3.8) is 0 Å². The number of nitrogens with one attached hydrogen (secondary N) is 1. The maximum atomic E-state index is 12.4. The molecule has 1 aromatic heterocycles. The smallest absolute Gasteiger partial charge is 0.319 e. The standard InChI is InChI=1S/C18H26N4O2S/c1-14(25-16-6-2-3-9-19-16)17(23)20-15-7-12-22(13-8-15)18(24)21-10-4-5-11-21/h2-3,6,9,14-15H,4-5,7-8,10-13H2,1H3,(H,20,23)/t14-/m1/s1. The van der Waals surface area contributed by atoms with Crippen molar-refractivity contribution in [3.8, 4) is 0 Å². The molecule has 1 aromatic rings. The summed E-state index contributed by atoms with van der Waals surface area (Å²) in [5, 5.41) is 3.81. The molecule has 6 nitrogen and oxygen atoms in total. The molecule has 0 saturated carbocycles. The normalized spacial score (nSPS) is 19.7. The van der Waals surface area contributed by atoms with Gasteiger partial charge in [-0.25, -0.2) is 9.78 Å². The van der Waals surface area contributed by atoms with Crippen LogP contribution in [-0.2, 0) is 4.79 Å². The highest BCUT2D eigenvalue weighted by Gasteiger charge is 2.29. The monoisotopic (exact) mass is 362 g/mol. The SMILES string of the molecule is C[C@@H](Sc1ccccn1)C(=O)NC1CCN(C(=O)N2CCCC2)CC1. The van der Waals surface area contributed by atoms with Crippen LogP contribution in [0.5, 0.6) is 0 Å². The van der Waals surface area contributed by atoms with Gasteiger partial charge in [0.25, 0.3) is 0 Å². The van der Waals surface area contributed by atoms with Gasteiger partial charge in [-0.05, 0) is 44.7 Å². The third kappa shape index (κ3) is 4.87. The van der Waals surface area contributed by atoms with Gasteiger partial charge in [0.15, 0.2) is 0 Å². The fourth-order valence-corrected chi connectivity index (χ4v) is 4.11. The van der Waals surface area contributed by atoms with Gasteiger partial charge in [0.2, 0.25) is 5.91 Å². The average Bonchev–Trinajstić information content (AvgIpc) is 3.17. The molecule has 7 heteroatoms. The number of urea groups is 1. The van der Waals surface area contributed by atoms with Gasteiger partial charge >= 0.3 is 6.03 Å². The quantitative estimate of drug-likeness (QED) is 0.835. The molecule has 1 atom stereocenters. The molecule has 0 radical (unpaired) electrons. The minimum atomic E-state index is -0.181. The first-order chi connectivity index (χ1) is 12.1. The molecule has 2 fully saturated rings. The minimum absolute atomic E-state index is 0.0416. The number of carbonyl (C=O) groups excluding carboxylic acids is 2. The molecule has 2 saturated heterocycles. The Morgan fingerprint density at radius 2 is 1.84 bits per heavy atom. The zero-order valence-corrected chi connectivity index (χ0v) is 15.5. The molecule has 25 heavy (non-hydrogen) atoms. The number of carbonyl (C=O) groups is 2. The minimum Gasteiger partial charge on any atom is -0.352 e. The lowest BCUT2D eigenvalue weighted by Crippen LogP contribution is -2.50. The fraction of sp³-hybridized carbons (Fsp3) is 0.611. The van der Waals surface area contributed by atoms with Crippen molar-refractivity contribution >= 4 is 23.7 Å². The summed E-state index contributed by atoms with van der Waals surface area (Å²) in [6.45, 7) is 5.13. The molecule has 0 spiro atoms. The molecular weight excluding hydrogens is 336 g/mol. The highest BCUT2D eigenvalue weighted by Crippen LogP contribution is 2.21. The first-order valence-electron chi connectivity index (χ1n) is 9.05. The van der Waals surface area contributed by atoms with Gasteiger partial charge in [0, 0.05) is 38.4 Å². The Bertz CT molecular complexity index is 584. The Hall–Kier alpha value is -1.76. The van der Waals surface area contributed by atoms with E-state index in [1.165, 1.54) is 11.8 Å². The third-order valence-corrected chi connectivity index (χ3v) is 5.84. The van der Waals surface area contributed by atoms with Gasteiger partial charge in [0.05, 0.1) is 10.3 Å². The van der Waals surface area contributed by atoms with Crippen molar-refractivity contribution in [3.05, 3.63) is 24.4 Å². The average molecular weight is 362 g/mol. The molecule has 2 aliphatic rings. The summed E-state index contributed by atoms with van der Waals surface area (Å²) in [5.41, 5.74) is 0. The van der Waals surface area contributed by atoms with E-state index in [4.69, 9.17) is 0 Å². The van der Waals surface area contributed by atoms with Crippen molar-refractivity contribution in [1.82, 2.24) is 20.1 Å². The van der Waals surface area contributed by atoms with Gasteiger partial charge in [-0.1, -0.05) is 17.8 Å². The number of likely N-dealkylation sites (tertiary alicyclic amines) is 2. The highest BCUT2D eigenvalue weighted by molar-refractivity contribution is 8.00. The molecule has 0 bridgehead atoms. The molecule has 0 aromatic carbocycles. The van der Waals surface area contributed by atoms with Crippen molar-refractivity contribution in [2.45, 2.75) is 48.9 Å². The Labute approximate surface area is 153 Å². The lowest BCUT2D eigenvalue weighted by atomic mass is 10.1. The van der Waals surface area contributed by atoms with Gasteiger partial charge in [0.1, 0.15) is 0 Å². The zero-order valence-electron chi connectivity index (χ0n) is 14.7. The Morgan fingerprint density at radius 3 is 2.48 bits per heavy atom. The molecule has 0 unspecified atom stereocenters. The van der Waals surface area contributed by atoms with E-state index in [9.17, 15) is 9.59 Å². The second-order valence-corrected chi connectivity index (χ2v) is 8.04. The molecule has 0 aliphatic carbocycles. The van der Waals surface area contributed by atoms with Crippen LogP contribution in [0.3, 0.4) is 0 Å². The van der Waals surface area contributed by atoms with Gasteiger partial charge < -0.3 is 15.1 Å². The number of hydrogen-bond donors (Lipinski definition) is 1. The maximum absolute atomic E-state index is 12.4. The largest absolute Gasteiger partial charge is 0.352 e. The third-order valence-electron chi connectivity index (χ3n) is 4.79. The van der Waals surface area contributed by atoms with Gasteiger partial charge in [-0.15, -0.1) is 0 Å². The summed E-state index contributed by atoms with van der Waals surface area (Å²) >= 11 is 1.47. The summed E-state index contributed by atoms with van der Waals surface area (Å²) in [4.78, 5) is 32.9. The van der Waals surface area contributed by atoms with Crippen LogP contribution in [0.1, 0.15) is 32.6 Å². The Morgan fingerprint density at radius 1 is 1.16 bits per heavy atom. The van der Waals surface area contributed by atoms with Crippen molar-refractivity contribution in [2.24, 2.45) is 0 Å². The molecule has 3 heterocycles. The van der Waals surface area contributed by atoms with E-state index in [0.717, 1.165) is 56.9 Å². The molecule has 136 valence electrons. The van der Waals surface area contributed by atoms with Crippen LogP contribution in [0.2, 0.25) is 0 Å². The number of amides is 3. The van der Waals surface area contributed by atoms with E-state index >= 15 is 0 Å². The van der Waals surface area contributed by atoms with E-state index < -0.39 is 0 Å². The van der Waals surface area contributed by atoms with Crippen LogP contribution in [0, 0.1) is 0 Å². The number of nitrogens with zero attached hydrogens (tertiary/aromatic N) is 3. The lowest BCUT2D eigenvalue weighted by Gasteiger charge is -2.35. The number of aromatic nitrogens is 1. The molecule has 3 amide bonds. The Kier molecular flexibility index (Phi) is 6.18. The second kappa shape index (κ2) is 8.56. The van der Waals surface area contributed by atoms with E-state index in [1.54, 1.807) is 6.20 Å². The number of thioether (sulfide) groups is 1. The first-order valence-corrected chi connectivity index (χ1v) is 9.93. The predicted molar refractivity (Wildman–Crippen MR) is 98.5 cm³/mol. The van der Waals surface area contributed by atoms with Crippen molar-refractivity contribution in [2.75, 3.05) is 26.2 Å². The van der Waals surface area contributed by atoms with Gasteiger partial charge in [-0.3, -0.25) is 4.79 Å². The van der Waals surface area contributed by atoms with E-state index in [0.29, 0.717) is 0 Å². The number of piperidine rings is 1. The molecular formula is C18H26N4O2S. The summed E-state index contributed by atoms with van der Waals surface area (Å²) in [6.07, 6.45) is 5.62. The first kappa shape index (κ1) is 18.0. The molecule has 2 aliphatic heterocycles. The summed E-state index contributed by atoms with van der Waals surface area (Å²) in [5.74, 6) is 0.0416. The Balaban J connectivity index is 1.42. The number of rotatable bonds is 4. The molecule has 1 N–H and O–H groups in total. The predicted octanol–water partition coefficient (Wildman–Crippen LogP) is 2.36. The van der Waals surface area contributed by atoms with E-state index in [1.807, 2.05) is 34.9 Å². The number of pyridine rings is 1. The van der Waals surface area contributed by atoms with E-state index in [2.05, 4.69) is 10.3 Å². The lowest BCUT2D eigenvalue weighted by molar-refractivity contribution is -0.121. The topological polar surface area (TPSA) is 65.5 Å². The van der Waals surface area contributed by atoms with Crippen LogP contribution in [0.4, 0.5) is 4.79 Å². The van der Waals surface area contributed by atoms with Crippen LogP contribution in [0.15, 0.2) is 29.4 Å². The van der Waals surface area contributed by atoms with Crippen molar-refractivity contribution in [1.29, 1.82) is 0 Å². The van der Waals surface area contributed by atoms with Gasteiger partial charge in [-0.2, -0.15) is 0 Å². The van der Waals surface area contributed by atoms with Crippen molar-refractivity contribution < 1.29 is 9.59 Å². The maximum Gasteiger partial charge on any atom is 0.319 e. The zero-order chi connectivity index (χ0) is 17.6. The fourth-order valence-electron chi connectivity index (χ4n) is 3.29. The summed E-state index contributed by atoms with van der Waals surface area (Å²) in [7, 11) is 0. The van der Waals surface area contributed by atoms with Crippen LogP contribution in [0.25, 0.3) is 0 Å². The summed E-state index contributed by atoms with van der Waals surface area (Å²) in [6, 6.07) is 6.03. The van der Waals surface area contributed by atoms with Crippen LogP contribution < -0.4 is 5.32 Å². The number of hydrogen-bond acceptors (Lipinski definition) is 4. The summed E-state index contributed by atoms with van der Waals surface area (Å²) < 4.78 is 0. The van der Waals surface area contributed by atoms with E-state index in [-0.39, 0.29) is 23.2 Å².